The summed E-state index contributed by atoms with van der Waals surface area (Å²) in [5, 5.41) is 2.93. The number of benzene rings is 2. The number of nitrogens with one attached hydrogen (secondary N) is 1. The van der Waals surface area contributed by atoms with Gasteiger partial charge < -0.3 is 20.7 Å². The number of rotatable bonds is 3. The number of hydrogen-bond donors (Lipinski definition) is 2. The standard InChI is InChI=1S/C17H19N3O2/c1-12(17(21)19-14-5-3-2-4-6-14)20-9-10-22-16-8-7-13(18)11-15(16)20/h2-8,11-12H,9-10,18H2,1H3,(H,19,21). The summed E-state index contributed by atoms with van der Waals surface area (Å²) in [7, 11) is 0. The summed E-state index contributed by atoms with van der Waals surface area (Å²) in [5.74, 6) is 0.710. The van der Waals surface area contributed by atoms with E-state index in [1.165, 1.54) is 0 Å². The smallest absolute Gasteiger partial charge is 0.246 e. The molecule has 1 aliphatic heterocycles. The minimum Gasteiger partial charge on any atom is -0.490 e. The molecule has 0 aliphatic carbocycles. The van der Waals surface area contributed by atoms with Gasteiger partial charge in [0.2, 0.25) is 5.91 Å². The Labute approximate surface area is 129 Å². The van der Waals surface area contributed by atoms with Crippen molar-refractivity contribution >= 4 is 23.0 Å². The van der Waals surface area contributed by atoms with Crippen LogP contribution in [-0.4, -0.2) is 25.1 Å². The second-order valence-corrected chi connectivity index (χ2v) is 5.30. The summed E-state index contributed by atoms with van der Waals surface area (Å²) >= 11 is 0. The summed E-state index contributed by atoms with van der Waals surface area (Å²) in [6.45, 7) is 3.09. The predicted octanol–water partition coefficient (Wildman–Crippen LogP) is 2.49. The summed E-state index contributed by atoms with van der Waals surface area (Å²) in [4.78, 5) is 14.5. The molecule has 3 N–H and O–H groups in total. The van der Waals surface area contributed by atoms with Gasteiger partial charge in [0.25, 0.3) is 0 Å². The highest BCUT2D eigenvalue weighted by molar-refractivity contribution is 5.97. The van der Waals surface area contributed by atoms with Crippen LogP contribution in [0.25, 0.3) is 0 Å². The zero-order valence-electron chi connectivity index (χ0n) is 12.5. The molecule has 5 nitrogen and oxygen atoms in total. The molecule has 5 heteroatoms. The molecule has 0 saturated carbocycles. The lowest BCUT2D eigenvalue weighted by Gasteiger charge is -2.35. The topological polar surface area (TPSA) is 67.6 Å². The van der Waals surface area contributed by atoms with E-state index in [-0.39, 0.29) is 11.9 Å². The molecule has 1 atom stereocenters. The first-order valence-electron chi connectivity index (χ1n) is 7.30. The number of nitrogen functional groups attached to an aromatic ring is 1. The molecule has 114 valence electrons. The molecule has 0 fully saturated rings. The summed E-state index contributed by atoms with van der Waals surface area (Å²) in [5.41, 5.74) is 8.17. The van der Waals surface area contributed by atoms with Crippen molar-refractivity contribution < 1.29 is 9.53 Å². The van der Waals surface area contributed by atoms with E-state index >= 15 is 0 Å². The number of nitrogens with zero attached hydrogens (tertiary/aromatic N) is 1. The van der Waals surface area contributed by atoms with Crippen molar-refractivity contribution in [2.24, 2.45) is 0 Å². The maximum absolute atomic E-state index is 12.5. The second-order valence-electron chi connectivity index (χ2n) is 5.30. The van der Waals surface area contributed by atoms with Crippen LogP contribution in [0.1, 0.15) is 6.92 Å². The van der Waals surface area contributed by atoms with Crippen LogP contribution in [0.5, 0.6) is 5.75 Å². The van der Waals surface area contributed by atoms with Crippen molar-refractivity contribution in [1.82, 2.24) is 0 Å². The molecule has 3 rings (SSSR count). The van der Waals surface area contributed by atoms with Gasteiger partial charge in [-0.3, -0.25) is 4.79 Å². The molecule has 0 radical (unpaired) electrons. The van der Waals surface area contributed by atoms with E-state index in [1.807, 2.05) is 54.3 Å². The Morgan fingerprint density at radius 3 is 2.82 bits per heavy atom. The Morgan fingerprint density at radius 2 is 2.05 bits per heavy atom. The number of ether oxygens (including phenoxy) is 1. The lowest BCUT2D eigenvalue weighted by atomic mass is 10.1. The minimum atomic E-state index is -0.315. The summed E-state index contributed by atoms with van der Waals surface area (Å²) in [6.07, 6.45) is 0. The van der Waals surface area contributed by atoms with Crippen molar-refractivity contribution in [3.63, 3.8) is 0 Å². The zero-order chi connectivity index (χ0) is 15.5. The van der Waals surface area contributed by atoms with Crippen LogP contribution in [0.15, 0.2) is 48.5 Å². The third-order valence-corrected chi connectivity index (χ3v) is 3.77. The fraction of sp³-hybridized carbons (Fsp3) is 0.235. The first-order chi connectivity index (χ1) is 10.6. The van der Waals surface area contributed by atoms with Gasteiger partial charge in [-0.1, -0.05) is 18.2 Å². The quantitative estimate of drug-likeness (QED) is 0.854. The molecule has 1 amide bonds. The largest absolute Gasteiger partial charge is 0.490 e. The van der Waals surface area contributed by atoms with Gasteiger partial charge in [0.15, 0.2) is 0 Å². The third kappa shape index (κ3) is 2.83. The maximum Gasteiger partial charge on any atom is 0.246 e. The fourth-order valence-corrected chi connectivity index (χ4v) is 2.57. The van der Waals surface area contributed by atoms with Crippen molar-refractivity contribution in [1.29, 1.82) is 0 Å². The van der Waals surface area contributed by atoms with Crippen LogP contribution in [-0.2, 0) is 4.79 Å². The van der Waals surface area contributed by atoms with Crippen molar-refractivity contribution in [2.45, 2.75) is 13.0 Å². The summed E-state index contributed by atoms with van der Waals surface area (Å²) < 4.78 is 5.63. The van der Waals surface area contributed by atoms with Gasteiger partial charge in [0.05, 0.1) is 12.2 Å². The van der Waals surface area contributed by atoms with Crippen LogP contribution < -0.4 is 20.7 Å². The minimum absolute atomic E-state index is 0.0542. The van der Waals surface area contributed by atoms with Crippen LogP contribution in [0.4, 0.5) is 17.1 Å². The Balaban J connectivity index is 1.80. The highest BCUT2D eigenvalue weighted by Crippen LogP contribution is 2.34. The fourth-order valence-electron chi connectivity index (χ4n) is 2.57. The lowest BCUT2D eigenvalue weighted by Crippen LogP contribution is -2.46. The second kappa shape index (κ2) is 5.97. The molecule has 0 saturated heterocycles. The predicted molar refractivity (Wildman–Crippen MR) is 88.2 cm³/mol. The number of para-hydroxylation sites is 1. The zero-order valence-corrected chi connectivity index (χ0v) is 12.5. The number of hydrogen-bond acceptors (Lipinski definition) is 4. The van der Waals surface area contributed by atoms with Gasteiger partial charge >= 0.3 is 0 Å². The van der Waals surface area contributed by atoms with Crippen LogP contribution >= 0.6 is 0 Å². The van der Waals surface area contributed by atoms with E-state index < -0.39 is 0 Å². The first kappa shape index (κ1) is 14.3. The molecular formula is C17H19N3O2. The van der Waals surface area contributed by atoms with Crippen molar-refractivity contribution in [3.05, 3.63) is 48.5 Å². The Hall–Kier alpha value is -2.69. The molecule has 1 aliphatic rings. The van der Waals surface area contributed by atoms with E-state index in [2.05, 4.69) is 5.32 Å². The van der Waals surface area contributed by atoms with Gasteiger partial charge in [-0.05, 0) is 37.3 Å². The van der Waals surface area contributed by atoms with Crippen LogP contribution in [0, 0.1) is 0 Å². The van der Waals surface area contributed by atoms with E-state index in [1.54, 1.807) is 6.07 Å². The van der Waals surface area contributed by atoms with E-state index in [4.69, 9.17) is 10.5 Å². The van der Waals surface area contributed by atoms with E-state index in [0.29, 0.717) is 18.8 Å². The molecule has 0 spiro atoms. The average Bonchev–Trinajstić information content (AvgIpc) is 2.54. The number of nitrogens with two attached hydrogens (primary N) is 1. The molecule has 1 unspecified atom stereocenters. The van der Waals surface area contributed by atoms with Gasteiger partial charge in [-0.2, -0.15) is 0 Å². The number of fused-ring (bicyclic) bond motifs is 1. The van der Waals surface area contributed by atoms with E-state index in [9.17, 15) is 4.79 Å². The Kier molecular flexibility index (Phi) is 3.87. The Bertz CT molecular complexity index is 673. The number of amides is 1. The highest BCUT2D eigenvalue weighted by atomic mass is 16.5. The van der Waals surface area contributed by atoms with Gasteiger partial charge in [0, 0.05) is 11.4 Å². The number of anilines is 3. The van der Waals surface area contributed by atoms with Gasteiger partial charge in [-0.15, -0.1) is 0 Å². The summed E-state index contributed by atoms with van der Waals surface area (Å²) in [6, 6.07) is 14.6. The monoisotopic (exact) mass is 297 g/mol. The normalized spacial score (nSPS) is 14.7. The van der Waals surface area contributed by atoms with E-state index in [0.717, 1.165) is 17.1 Å². The average molecular weight is 297 g/mol. The maximum atomic E-state index is 12.5. The molecular weight excluding hydrogens is 278 g/mol. The molecule has 2 aromatic rings. The molecule has 0 bridgehead atoms. The first-order valence-corrected chi connectivity index (χ1v) is 7.30. The number of carbonyl (C=O) groups excluding carboxylic acids is 1. The molecule has 0 aromatic heterocycles. The van der Waals surface area contributed by atoms with Crippen LogP contribution in [0.2, 0.25) is 0 Å². The highest BCUT2D eigenvalue weighted by Gasteiger charge is 2.27. The van der Waals surface area contributed by atoms with Crippen LogP contribution in [0.3, 0.4) is 0 Å². The van der Waals surface area contributed by atoms with Crippen molar-refractivity contribution in [2.75, 3.05) is 29.1 Å². The van der Waals surface area contributed by atoms with Crippen molar-refractivity contribution in [3.8, 4) is 5.75 Å². The SMILES string of the molecule is CC(C(=O)Nc1ccccc1)N1CCOc2ccc(N)cc21. The number of carbonyl (C=O) groups is 1. The molecule has 22 heavy (non-hydrogen) atoms. The lowest BCUT2D eigenvalue weighted by molar-refractivity contribution is -0.117. The molecule has 1 heterocycles. The van der Waals surface area contributed by atoms with Gasteiger partial charge in [-0.25, -0.2) is 0 Å². The van der Waals surface area contributed by atoms with Gasteiger partial charge in [0.1, 0.15) is 18.4 Å². The Morgan fingerprint density at radius 1 is 1.27 bits per heavy atom. The third-order valence-electron chi connectivity index (χ3n) is 3.77. The molecule has 2 aromatic carbocycles.